The van der Waals surface area contributed by atoms with Gasteiger partial charge in [0.05, 0.1) is 13.2 Å². The minimum Gasteiger partial charge on any atom is -0.405 e. The van der Waals surface area contributed by atoms with Crippen molar-refractivity contribution in [2.75, 3.05) is 13.2 Å². The average Bonchev–Trinajstić information content (AvgIpc) is 2.56. The van der Waals surface area contributed by atoms with Crippen molar-refractivity contribution in [1.29, 1.82) is 0 Å². The normalized spacial score (nSPS) is 16.9. The standard InChI is InChI=1S/C8H8BFO2/c10-8-3-1-2-7(6-8)9-11-4-5-12-9/h1-3,6H,4-5H2. The van der Waals surface area contributed by atoms with E-state index < -0.39 is 0 Å². The maximum Gasteiger partial charge on any atom is 0.494 e. The van der Waals surface area contributed by atoms with E-state index in [1.54, 1.807) is 12.1 Å². The van der Waals surface area contributed by atoms with Crippen LogP contribution in [0, 0.1) is 5.82 Å². The predicted molar refractivity (Wildman–Crippen MR) is 43.7 cm³/mol. The first-order valence-corrected chi connectivity index (χ1v) is 3.85. The summed E-state index contributed by atoms with van der Waals surface area (Å²) in [6.07, 6.45) is 0. The third-order valence-electron chi connectivity index (χ3n) is 1.74. The minimum absolute atomic E-state index is 0.258. The van der Waals surface area contributed by atoms with Crippen LogP contribution in [0.25, 0.3) is 0 Å². The molecule has 0 amide bonds. The lowest BCUT2D eigenvalue weighted by molar-refractivity contribution is 0.365. The molecule has 12 heavy (non-hydrogen) atoms. The van der Waals surface area contributed by atoms with Crippen molar-refractivity contribution in [2.24, 2.45) is 0 Å². The van der Waals surface area contributed by atoms with Crippen molar-refractivity contribution >= 4 is 12.6 Å². The molecule has 0 saturated carbocycles. The van der Waals surface area contributed by atoms with E-state index in [2.05, 4.69) is 0 Å². The summed E-state index contributed by atoms with van der Waals surface area (Å²) < 4.78 is 23.1. The zero-order valence-corrected chi connectivity index (χ0v) is 6.50. The van der Waals surface area contributed by atoms with Gasteiger partial charge in [0, 0.05) is 0 Å². The third-order valence-corrected chi connectivity index (χ3v) is 1.74. The molecule has 1 saturated heterocycles. The molecule has 62 valence electrons. The van der Waals surface area contributed by atoms with Gasteiger partial charge in [-0.15, -0.1) is 0 Å². The molecule has 1 aromatic carbocycles. The van der Waals surface area contributed by atoms with E-state index in [0.29, 0.717) is 13.2 Å². The van der Waals surface area contributed by atoms with Crippen LogP contribution in [0.5, 0.6) is 0 Å². The molecular weight excluding hydrogens is 158 g/mol. The monoisotopic (exact) mass is 166 g/mol. The fourth-order valence-electron chi connectivity index (χ4n) is 1.20. The first kappa shape index (κ1) is 7.77. The Balaban J connectivity index is 2.21. The molecule has 1 aromatic rings. The van der Waals surface area contributed by atoms with E-state index in [9.17, 15) is 4.39 Å². The van der Waals surface area contributed by atoms with Crippen LogP contribution in [0.3, 0.4) is 0 Å². The maximum absolute atomic E-state index is 12.7. The molecule has 1 fully saturated rings. The summed E-state index contributed by atoms with van der Waals surface area (Å²) in [5, 5.41) is 0. The number of rotatable bonds is 1. The highest BCUT2D eigenvalue weighted by molar-refractivity contribution is 6.61. The summed E-state index contributed by atoms with van der Waals surface area (Å²) >= 11 is 0. The molecular formula is C8H8BFO2. The molecule has 0 spiro atoms. The fourth-order valence-corrected chi connectivity index (χ4v) is 1.20. The van der Waals surface area contributed by atoms with Crippen LogP contribution in [0.4, 0.5) is 4.39 Å². The molecule has 1 aliphatic rings. The molecule has 4 heteroatoms. The number of hydrogen-bond acceptors (Lipinski definition) is 2. The van der Waals surface area contributed by atoms with E-state index in [1.165, 1.54) is 12.1 Å². The quantitative estimate of drug-likeness (QED) is 0.567. The lowest BCUT2D eigenvalue weighted by Gasteiger charge is -2.02. The lowest BCUT2D eigenvalue weighted by atomic mass is 9.79. The second-order valence-corrected chi connectivity index (χ2v) is 2.63. The molecule has 1 aliphatic heterocycles. The average molecular weight is 166 g/mol. The highest BCUT2D eigenvalue weighted by Crippen LogP contribution is 2.01. The first-order valence-electron chi connectivity index (χ1n) is 3.85. The molecule has 0 N–H and O–H groups in total. The summed E-state index contributed by atoms with van der Waals surface area (Å²) in [4.78, 5) is 0. The predicted octanol–water partition coefficient (Wildman–Crippen LogP) is 0.568. The largest absolute Gasteiger partial charge is 0.494 e. The van der Waals surface area contributed by atoms with Gasteiger partial charge in [0.25, 0.3) is 0 Å². The third kappa shape index (κ3) is 1.49. The van der Waals surface area contributed by atoms with Crippen LogP contribution in [0.1, 0.15) is 0 Å². The fraction of sp³-hybridized carbons (Fsp3) is 0.250. The van der Waals surface area contributed by atoms with Gasteiger partial charge in [-0.2, -0.15) is 0 Å². The van der Waals surface area contributed by atoms with Crippen molar-refractivity contribution in [2.45, 2.75) is 0 Å². The smallest absolute Gasteiger partial charge is 0.405 e. The summed E-state index contributed by atoms with van der Waals surface area (Å²) in [6, 6.07) is 6.27. The van der Waals surface area contributed by atoms with E-state index in [1.807, 2.05) is 0 Å². The first-order chi connectivity index (χ1) is 5.86. The van der Waals surface area contributed by atoms with Crippen LogP contribution < -0.4 is 5.46 Å². The van der Waals surface area contributed by atoms with E-state index in [4.69, 9.17) is 9.31 Å². The zero-order valence-electron chi connectivity index (χ0n) is 6.50. The van der Waals surface area contributed by atoms with Gasteiger partial charge in [-0.05, 0) is 17.6 Å². The van der Waals surface area contributed by atoms with Gasteiger partial charge in [-0.1, -0.05) is 12.1 Å². The Morgan fingerprint density at radius 2 is 2.00 bits per heavy atom. The van der Waals surface area contributed by atoms with E-state index in [-0.39, 0.29) is 12.9 Å². The Kier molecular flexibility index (Phi) is 2.10. The topological polar surface area (TPSA) is 18.5 Å². The second-order valence-electron chi connectivity index (χ2n) is 2.63. The van der Waals surface area contributed by atoms with Gasteiger partial charge in [-0.3, -0.25) is 0 Å². The number of benzene rings is 1. The van der Waals surface area contributed by atoms with Gasteiger partial charge in [0.2, 0.25) is 0 Å². The Bertz CT molecular complexity index is 274. The Morgan fingerprint density at radius 3 is 2.67 bits per heavy atom. The zero-order chi connectivity index (χ0) is 8.39. The number of halogens is 1. The van der Waals surface area contributed by atoms with Crippen LogP contribution in [-0.4, -0.2) is 20.3 Å². The van der Waals surface area contributed by atoms with Crippen LogP contribution in [0.2, 0.25) is 0 Å². The van der Waals surface area contributed by atoms with Crippen LogP contribution in [0.15, 0.2) is 24.3 Å². The van der Waals surface area contributed by atoms with E-state index >= 15 is 0 Å². The van der Waals surface area contributed by atoms with Crippen molar-refractivity contribution < 1.29 is 13.7 Å². The van der Waals surface area contributed by atoms with Gasteiger partial charge in [0.15, 0.2) is 0 Å². The Hall–Kier alpha value is -0.865. The van der Waals surface area contributed by atoms with Gasteiger partial charge < -0.3 is 9.31 Å². The number of hydrogen-bond donors (Lipinski definition) is 0. The minimum atomic E-state index is -0.374. The molecule has 0 radical (unpaired) electrons. The molecule has 0 aliphatic carbocycles. The molecule has 0 bridgehead atoms. The summed E-state index contributed by atoms with van der Waals surface area (Å²) in [5.74, 6) is -0.258. The molecule has 1 heterocycles. The second kappa shape index (κ2) is 3.25. The van der Waals surface area contributed by atoms with Crippen molar-refractivity contribution in [3.05, 3.63) is 30.1 Å². The van der Waals surface area contributed by atoms with Crippen molar-refractivity contribution in [3.63, 3.8) is 0 Å². The molecule has 2 rings (SSSR count). The molecule has 0 atom stereocenters. The summed E-state index contributed by atoms with van der Waals surface area (Å²) in [5.41, 5.74) is 0.743. The Labute approximate surface area is 70.4 Å². The SMILES string of the molecule is Fc1cccc(B2OCCO2)c1. The molecule has 2 nitrogen and oxygen atoms in total. The van der Waals surface area contributed by atoms with Crippen LogP contribution >= 0.6 is 0 Å². The van der Waals surface area contributed by atoms with Crippen molar-refractivity contribution in [1.82, 2.24) is 0 Å². The van der Waals surface area contributed by atoms with Crippen LogP contribution in [-0.2, 0) is 9.31 Å². The van der Waals surface area contributed by atoms with E-state index in [0.717, 1.165) is 5.46 Å². The van der Waals surface area contributed by atoms with Gasteiger partial charge in [0.1, 0.15) is 5.82 Å². The van der Waals surface area contributed by atoms with Gasteiger partial charge in [-0.25, -0.2) is 4.39 Å². The highest BCUT2D eigenvalue weighted by atomic mass is 19.1. The molecule has 0 aromatic heterocycles. The summed E-state index contributed by atoms with van der Waals surface area (Å²) in [6.45, 7) is 1.17. The maximum atomic E-state index is 12.7. The highest BCUT2D eigenvalue weighted by Gasteiger charge is 2.25. The van der Waals surface area contributed by atoms with Gasteiger partial charge >= 0.3 is 7.12 Å². The van der Waals surface area contributed by atoms with Crippen molar-refractivity contribution in [3.8, 4) is 0 Å². The summed E-state index contributed by atoms with van der Waals surface area (Å²) in [7, 11) is -0.374. The lowest BCUT2D eigenvalue weighted by Crippen LogP contribution is -2.31. The molecule has 0 unspecified atom stereocenters. The Morgan fingerprint density at radius 1 is 1.25 bits per heavy atom.